The van der Waals surface area contributed by atoms with Crippen LogP contribution in [0.3, 0.4) is 0 Å². The molecule has 0 spiro atoms. The number of hydrogen-bond acceptors (Lipinski definition) is 1. The van der Waals surface area contributed by atoms with Gasteiger partial charge in [0, 0.05) is 37.4 Å². The summed E-state index contributed by atoms with van der Waals surface area (Å²) in [4.78, 5) is 13.4. The van der Waals surface area contributed by atoms with Gasteiger partial charge in [-0.15, -0.1) is 0 Å². The minimum Gasteiger partial charge on any atom is -0.347 e. The number of aryl methyl sites for hydroxylation is 2. The summed E-state index contributed by atoms with van der Waals surface area (Å²) < 4.78 is 2.27. The summed E-state index contributed by atoms with van der Waals surface area (Å²) in [6.07, 6.45) is 1.77. The van der Waals surface area contributed by atoms with E-state index in [1.165, 1.54) is 11.4 Å². The quantitative estimate of drug-likeness (QED) is 0.739. The zero-order valence-corrected chi connectivity index (χ0v) is 9.49. The normalized spacial score (nSPS) is 16.4. The number of likely N-dealkylation sites (tertiary alicyclic amines) is 1. The summed E-state index contributed by atoms with van der Waals surface area (Å²) in [5.41, 5.74) is 2.55. The largest absolute Gasteiger partial charge is 0.347 e. The molecule has 3 heteroatoms. The Morgan fingerprint density at radius 1 is 1.20 bits per heavy atom. The number of nitrogens with zero attached hydrogens (tertiary/aromatic N) is 2. The molecule has 1 amide bonds. The van der Waals surface area contributed by atoms with E-state index >= 15 is 0 Å². The van der Waals surface area contributed by atoms with Gasteiger partial charge in [0.1, 0.15) is 0 Å². The van der Waals surface area contributed by atoms with Gasteiger partial charge in [0.05, 0.1) is 0 Å². The third kappa shape index (κ3) is 2.06. The van der Waals surface area contributed by atoms with Gasteiger partial charge in [-0.05, 0) is 32.4 Å². The molecule has 1 aliphatic heterocycles. The minimum atomic E-state index is 0.317. The summed E-state index contributed by atoms with van der Waals surface area (Å²) in [6.45, 7) is 6.95. The highest BCUT2D eigenvalue weighted by molar-refractivity contribution is 5.77. The molecule has 0 unspecified atom stereocenters. The van der Waals surface area contributed by atoms with Gasteiger partial charge in [-0.3, -0.25) is 4.79 Å². The molecule has 82 valence electrons. The Hall–Kier alpha value is -1.25. The van der Waals surface area contributed by atoms with Gasteiger partial charge in [0.15, 0.2) is 0 Å². The van der Waals surface area contributed by atoms with E-state index in [0.717, 1.165) is 32.5 Å². The fraction of sp³-hybridized carbons (Fsp3) is 0.583. The number of carbonyl (C=O) groups excluding carboxylic acids is 1. The second-order valence-corrected chi connectivity index (χ2v) is 4.25. The summed E-state index contributed by atoms with van der Waals surface area (Å²) in [7, 11) is 0. The predicted molar refractivity (Wildman–Crippen MR) is 59.7 cm³/mol. The molecule has 0 bridgehead atoms. The molecule has 0 N–H and O–H groups in total. The monoisotopic (exact) mass is 206 g/mol. The Morgan fingerprint density at radius 3 is 2.40 bits per heavy atom. The van der Waals surface area contributed by atoms with E-state index in [2.05, 4.69) is 30.5 Å². The second-order valence-electron chi connectivity index (χ2n) is 4.25. The number of amides is 1. The molecule has 1 aromatic rings. The first-order valence-corrected chi connectivity index (χ1v) is 5.59. The topological polar surface area (TPSA) is 25.2 Å². The number of aromatic nitrogens is 1. The molecule has 0 aromatic carbocycles. The average molecular weight is 206 g/mol. The van der Waals surface area contributed by atoms with Crippen LogP contribution in [-0.2, 0) is 11.3 Å². The van der Waals surface area contributed by atoms with Gasteiger partial charge < -0.3 is 9.47 Å². The molecule has 1 saturated heterocycles. The van der Waals surface area contributed by atoms with E-state index in [1.54, 1.807) is 0 Å². The number of hydrogen-bond donors (Lipinski definition) is 0. The SMILES string of the molecule is Cc1ccc(C)n1CCN1CCCC1=O. The Balaban J connectivity index is 1.95. The third-order valence-electron chi connectivity index (χ3n) is 3.18. The molecule has 15 heavy (non-hydrogen) atoms. The maximum absolute atomic E-state index is 11.4. The van der Waals surface area contributed by atoms with Crippen molar-refractivity contribution in [3.05, 3.63) is 23.5 Å². The van der Waals surface area contributed by atoms with Gasteiger partial charge in [-0.25, -0.2) is 0 Å². The van der Waals surface area contributed by atoms with E-state index in [0.29, 0.717) is 5.91 Å². The van der Waals surface area contributed by atoms with Crippen LogP contribution in [0, 0.1) is 13.8 Å². The van der Waals surface area contributed by atoms with Crippen LogP contribution in [-0.4, -0.2) is 28.5 Å². The Kier molecular flexibility index (Phi) is 2.80. The fourth-order valence-electron chi connectivity index (χ4n) is 2.21. The van der Waals surface area contributed by atoms with Crippen LogP contribution in [0.1, 0.15) is 24.2 Å². The van der Waals surface area contributed by atoms with Crippen molar-refractivity contribution in [2.75, 3.05) is 13.1 Å². The second kappa shape index (κ2) is 4.09. The van der Waals surface area contributed by atoms with Crippen molar-refractivity contribution < 1.29 is 4.79 Å². The van der Waals surface area contributed by atoms with Crippen LogP contribution < -0.4 is 0 Å². The zero-order chi connectivity index (χ0) is 10.8. The lowest BCUT2D eigenvalue weighted by atomic mass is 10.4. The molecule has 3 nitrogen and oxygen atoms in total. The molecule has 1 fully saturated rings. The maximum atomic E-state index is 11.4. The average Bonchev–Trinajstić information content (AvgIpc) is 2.73. The lowest BCUT2D eigenvalue weighted by Gasteiger charge is -2.17. The van der Waals surface area contributed by atoms with Crippen molar-refractivity contribution in [2.24, 2.45) is 0 Å². The predicted octanol–water partition coefficient (Wildman–Crippen LogP) is 1.73. The molecular weight excluding hydrogens is 188 g/mol. The van der Waals surface area contributed by atoms with Gasteiger partial charge in [0.2, 0.25) is 5.91 Å². The van der Waals surface area contributed by atoms with Crippen LogP contribution in [0.5, 0.6) is 0 Å². The Bertz CT molecular complexity index is 348. The minimum absolute atomic E-state index is 0.317. The summed E-state index contributed by atoms with van der Waals surface area (Å²) in [5.74, 6) is 0.317. The molecule has 2 heterocycles. The number of carbonyl (C=O) groups is 1. The van der Waals surface area contributed by atoms with E-state index in [1.807, 2.05) is 4.90 Å². The van der Waals surface area contributed by atoms with Crippen LogP contribution in [0.15, 0.2) is 12.1 Å². The van der Waals surface area contributed by atoms with E-state index in [9.17, 15) is 4.79 Å². The van der Waals surface area contributed by atoms with Crippen molar-refractivity contribution in [3.63, 3.8) is 0 Å². The Morgan fingerprint density at radius 2 is 1.87 bits per heavy atom. The first-order chi connectivity index (χ1) is 7.18. The smallest absolute Gasteiger partial charge is 0.222 e. The molecule has 0 radical (unpaired) electrons. The highest BCUT2D eigenvalue weighted by Gasteiger charge is 2.19. The highest BCUT2D eigenvalue weighted by atomic mass is 16.2. The molecule has 0 saturated carbocycles. The molecular formula is C12H18N2O. The number of rotatable bonds is 3. The molecule has 1 aromatic heterocycles. The summed E-state index contributed by atoms with van der Waals surface area (Å²) in [6, 6.07) is 4.25. The summed E-state index contributed by atoms with van der Waals surface area (Å²) in [5, 5.41) is 0. The fourth-order valence-corrected chi connectivity index (χ4v) is 2.21. The van der Waals surface area contributed by atoms with E-state index in [4.69, 9.17) is 0 Å². The molecule has 0 aliphatic carbocycles. The van der Waals surface area contributed by atoms with E-state index in [-0.39, 0.29) is 0 Å². The first kappa shape index (κ1) is 10.3. The standard InChI is InChI=1S/C12H18N2O/c1-10-5-6-11(2)14(10)9-8-13-7-3-4-12(13)15/h5-6H,3-4,7-9H2,1-2H3. The van der Waals surface area contributed by atoms with Crippen molar-refractivity contribution in [1.82, 2.24) is 9.47 Å². The summed E-state index contributed by atoms with van der Waals surface area (Å²) >= 11 is 0. The maximum Gasteiger partial charge on any atom is 0.222 e. The van der Waals surface area contributed by atoms with E-state index < -0.39 is 0 Å². The Labute approximate surface area is 90.7 Å². The molecule has 2 rings (SSSR count). The lowest BCUT2D eigenvalue weighted by Crippen LogP contribution is -2.28. The van der Waals surface area contributed by atoms with Crippen molar-refractivity contribution in [1.29, 1.82) is 0 Å². The third-order valence-corrected chi connectivity index (χ3v) is 3.18. The van der Waals surface area contributed by atoms with Crippen molar-refractivity contribution >= 4 is 5.91 Å². The van der Waals surface area contributed by atoms with Gasteiger partial charge >= 0.3 is 0 Å². The van der Waals surface area contributed by atoms with Crippen molar-refractivity contribution in [3.8, 4) is 0 Å². The first-order valence-electron chi connectivity index (χ1n) is 5.59. The highest BCUT2D eigenvalue weighted by Crippen LogP contribution is 2.11. The molecule has 1 aliphatic rings. The van der Waals surface area contributed by atoms with Crippen LogP contribution in [0.25, 0.3) is 0 Å². The van der Waals surface area contributed by atoms with Crippen LogP contribution >= 0.6 is 0 Å². The molecule has 0 atom stereocenters. The van der Waals surface area contributed by atoms with Crippen LogP contribution in [0.2, 0.25) is 0 Å². The van der Waals surface area contributed by atoms with Crippen LogP contribution in [0.4, 0.5) is 0 Å². The lowest BCUT2D eigenvalue weighted by molar-refractivity contribution is -0.127. The van der Waals surface area contributed by atoms with Gasteiger partial charge in [-0.2, -0.15) is 0 Å². The van der Waals surface area contributed by atoms with Gasteiger partial charge in [0.25, 0.3) is 0 Å². The zero-order valence-electron chi connectivity index (χ0n) is 9.49. The van der Waals surface area contributed by atoms with Gasteiger partial charge in [-0.1, -0.05) is 0 Å². The van der Waals surface area contributed by atoms with Crippen molar-refractivity contribution in [2.45, 2.75) is 33.2 Å².